The van der Waals surface area contributed by atoms with E-state index >= 15 is 0 Å². The zero-order chi connectivity index (χ0) is 24.5. The number of nitrogens with one attached hydrogen (secondary N) is 2. The van der Waals surface area contributed by atoms with Crippen LogP contribution in [0, 0.1) is 6.92 Å². The van der Waals surface area contributed by atoms with E-state index < -0.39 is 0 Å². The fourth-order valence-electron chi connectivity index (χ4n) is 4.31. The third-order valence-electron chi connectivity index (χ3n) is 5.87. The van der Waals surface area contributed by atoms with Gasteiger partial charge in [-0.2, -0.15) is 0 Å². The van der Waals surface area contributed by atoms with Crippen molar-refractivity contribution in [3.63, 3.8) is 0 Å². The summed E-state index contributed by atoms with van der Waals surface area (Å²) in [5.41, 5.74) is 4.63. The smallest absolute Gasteiger partial charge is 0.221 e. The second-order valence-corrected chi connectivity index (χ2v) is 9.65. The number of anilines is 2. The van der Waals surface area contributed by atoms with Crippen molar-refractivity contribution in [2.75, 3.05) is 10.2 Å². The van der Waals surface area contributed by atoms with Crippen LogP contribution < -0.4 is 15.5 Å². The molecule has 2 atom stereocenters. The Labute approximate surface area is 217 Å². The molecule has 3 heterocycles. The lowest BCUT2D eigenvalue weighted by molar-refractivity contribution is -0.114. The molecule has 1 fully saturated rings. The highest BCUT2D eigenvalue weighted by molar-refractivity contribution is 9.10. The van der Waals surface area contributed by atoms with Crippen molar-refractivity contribution < 1.29 is 9.21 Å². The molecule has 6 nitrogen and oxygen atoms in total. The topological polar surface area (TPSA) is 70.4 Å². The van der Waals surface area contributed by atoms with Gasteiger partial charge >= 0.3 is 0 Å². The Morgan fingerprint density at radius 1 is 1.11 bits per heavy atom. The van der Waals surface area contributed by atoms with Crippen molar-refractivity contribution >= 4 is 50.5 Å². The lowest BCUT2D eigenvalue weighted by Crippen LogP contribution is -2.29. The summed E-state index contributed by atoms with van der Waals surface area (Å²) in [6, 6.07) is 23.1. The summed E-state index contributed by atoms with van der Waals surface area (Å²) < 4.78 is 7.42. The van der Waals surface area contributed by atoms with Crippen LogP contribution in [-0.2, 0) is 4.79 Å². The number of aryl methyl sites for hydroxylation is 1. The van der Waals surface area contributed by atoms with Crippen LogP contribution in [0.1, 0.15) is 36.0 Å². The maximum Gasteiger partial charge on any atom is 0.221 e. The molecule has 0 radical (unpaired) electrons. The van der Waals surface area contributed by atoms with Gasteiger partial charge in [0.15, 0.2) is 5.11 Å². The number of pyridine rings is 1. The van der Waals surface area contributed by atoms with Crippen LogP contribution in [0.15, 0.2) is 87.9 Å². The minimum absolute atomic E-state index is 0.116. The quantitative estimate of drug-likeness (QED) is 0.276. The zero-order valence-electron chi connectivity index (χ0n) is 19.2. The average Bonchev–Trinajstić information content (AvgIpc) is 3.44. The van der Waals surface area contributed by atoms with Gasteiger partial charge in [0.2, 0.25) is 5.91 Å². The van der Waals surface area contributed by atoms with Crippen molar-refractivity contribution in [2.24, 2.45) is 0 Å². The number of carbonyl (C=O) groups is 1. The van der Waals surface area contributed by atoms with E-state index in [9.17, 15) is 4.79 Å². The maximum atomic E-state index is 11.4. The number of benzene rings is 2. The van der Waals surface area contributed by atoms with Crippen LogP contribution in [0.4, 0.5) is 11.4 Å². The third kappa shape index (κ3) is 4.72. The van der Waals surface area contributed by atoms with Gasteiger partial charge in [-0.3, -0.25) is 9.78 Å². The van der Waals surface area contributed by atoms with Crippen molar-refractivity contribution in [1.29, 1.82) is 0 Å². The lowest BCUT2D eigenvalue weighted by atomic mass is 10.0. The molecular formula is C27H23BrN4O2S. The van der Waals surface area contributed by atoms with Gasteiger partial charge in [-0.15, -0.1) is 0 Å². The number of aromatic nitrogens is 1. The minimum atomic E-state index is -0.262. The molecule has 1 aliphatic rings. The van der Waals surface area contributed by atoms with Crippen molar-refractivity contribution in [3.8, 4) is 11.3 Å². The van der Waals surface area contributed by atoms with Crippen LogP contribution in [0.25, 0.3) is 11.3 Å². The van der Waals surface area contributed by atoms with E-state index in [-0.39, 0.29) is 18.0 Å². The van der Waals surface area contributed by atoms with Crippen LogP contribution in [0.2, 0.25) is 0 Å². The maximum absolute atomic E-state index is 11.4. The van der Waals surface area contributed by atoms with Crippen molar-refractivity contribution in [2.45, 2.75) is 25.9 Å². The summed E-state index contributed by atoms with van der Waals surface area (Å²) in [4.78, 5) is 18.1. The van der Waals surface area contributed by atoms with Crippen LogP contribution in [0.5, 0.6) is 0 Å². The number of furan rings is 1. The molecule has 176 valence electrons. The van der Waals surface area contributed by atoms with Gasteiger partial charge in [0, 0.05) is 34.5 Å². The van der Waals surface area contributed by atoms with Crippen LogP contribution >= 0.6 is 28.1 Å². The molecule has 35 heavy (non-hydrogen) atoms. The Kier molecular flexibility index (Phi) is 6.40. The summed E-state index contributed by atoms with van der Waals surface area (Å²) in [5.74, 6) is 1.42. The molecule has 2 aromatic heterocycles. The molecule has 8 heteroatoms. The molecule has 2 aromatic carbocycles. The van der Waals surface area contributed by atoms with Gasteiger partial charge in [-0.05, 0) is 85.4 Å². The number of rotatable bonds is 5. The second-order valence-electron chi connectivity index (χ2n) is 8.41. The van der Waals surface area contributed by atoms with E-state index in [1.807, 2.05) is 65.6 Å². The summed E-state index contributed by atoms with van der Waals surface area (Å²) in [7, 11) is 0. The first-order valence-electron chi connectivity index (χ1n) is 11.2. The Morgan fingerprint density at radius 2 is 1.91 bits per heavy atom. The molecule has 1 aliphatic heterocycles. The highest BCUT2D eigenvalue weighted by atomic mass is 79.9. The molecular weight excluding hydrogens is 524 g/mol. The van der Waals surface area contributed by atoms with Crippen molar-refractivity contribution in [3.05, 3.63) is 100 Å². The largest absolute Gasteiger partial charge is 0.459 e. The first kappa shape index (κ1) is 23.3. The van der Waals surface area contributed by atoms with Crippen LogP contribution in [-0.4, -0.2) is 16.0 Å². The lowest BCUT2D eigenvalue weighted by Gasteiger charge is -2.26. The molecule has 1 saturated heterocycles. The minimum Gasteiger partial charge on any atom is -0.459 e. The zero-order valence-corrected chi connectivity index (χ0v) is 21.6. The van der Waals surface area contributed by atoms with E-state index in [2.05, 4.69) is 50.6 Å². The number of hydrogen-bond acceptors (Lipinski definition) is 4. The van der Waals surface area contributed by atoms with E-state index in [4.69, 9.17) is 16.6 Å². The molecule has 0 saturated carbocycles. The molecule has 0 spiro atoms. The average molecular weight is 547 g/mol. The molecule has 1 amide bonds. The first-order valence-corrected chi connectivity index (χ1v) is 12.4. The molecule has 0 bridgehead atoms. The van der Waals surface area contributed by atoms with Gasteiger partial charge < -0.3 is 20.0 Å². The van der Waals surface area contributed by atoms with Gasteiger partial charge in [-0.25, -0.2) is 0 Å². The molecule has 4 aromatic rings. The standard InChI is InChI=1S/C27H23BrN4O2S/c1-16-6-11-20(21(28)15-16)23-12-13-24(34-23)26-25(22-5-3-4-14-29-22)31-27(35)32(26)19-9-7-18(8-10-19)30-17(2)33/h3-15,25-26H,1-2H3,(H,30,33)(H,31,35)/t25-,26-/m0/s1. The fourth-order valence-corrected chi connectivity index (χ4v) is 5.34. The van der Waals surface area contributed by atoms with E-state index in [1.165, 1.54) is 12.5 Å². The van der Waals surface area contributed by atoms with Gasteiger partial charge in [0.05, 0.1) is 11.7 Å². The number of hydrogen-bond donors (Lipinski definition) is 2. The van der Waals surface area contributed by atoms with Gasteiger partial charge in [0.1, 0.15) is 17.6 Å². The molecule has 0 unspecified atom stereocenters. The Hall–Kier alpha value is -3.49. The number of amides is 1. The van der Waals surface area contributed by atoms with Crippen molar-refractivity contribution in [1.82, 2.24) is 10.3 Å². The Balaban J connectivity index is 1.56. The summed E-state index contributed by atoms with van der Waals surface area (Å²) >= 11 is 9.45. The SMILES string of the molecule is CC(=O)Nc1ccc(N2C(=S)N[C@@H](c3ccccn3)[C@@H]2c2ccc(-c3ccc(C)cc3Br)o2)cc1. The second kappa shape index (κ2) is 9.64. The fraction of sp³-hybridized carbons (Fsp3) is 0.148. The monoisotopic (exact) mass is 546 g/mol. The molecule has 5 rings (SSSR count). The Bertz CT molecular complexity index is 1390. The third-order valence-corrected chi connectivity index (χ3v) is 6.84. The van der Waals surface area contributed by atoms with E-state index in [1.54, 1.807) is 6.20 Å². The number of nitrogens with zero attached hydrogens (tertiary/aromatic N) is 2. The van der Waals surface area contributed by atoms with Gasteiger partial charge in [-0.1, -0.05) is 28.1 Å². The van der Waals surface area contributed by atoms with E-state index in [0.717, 1.165) is 38.6 Å². The summed E-state index contributed by atoms with van der Waals surface area (Å²) in [6.45, 7) is 3.54. The molecule has 0 aliphatic carbocycles. The normalized spacial score (nSPS) is 17.3. The van der Waals surface area contributed by atoms with Crippen LogP contribution in [0.3, 0.4) is 0 Å². The summed E-state index contributed by atoms with van der Waals surface area (Å²) in [5, 5.41) is 6.82. The predicted molar refractivity (Wildman–Crippen MR) is 145 cm³/mol. The first-order chi connectivity index (χ1) is 16.9. The highest BCUT2D eigenvalue weighted by Gasteiger charge is 2.42. The van der Waals surface area contributed by atoms with E-state index in [0.29, 0.717) is 5.11 Å². The van der Waals surface area contributed by atoms with Gasteiger partial charge in [0.25, 0.3) is 0 Å². The predicted octanol–water partition coefficient (Wildman–Crippen LogP) is 6.55. The Morgan fingerprint density at radius 3 is 2.60 bits per heavy atom. The number of carbonyl (C=O) groups excluding carboxylic acids is 1. The number of thiocarbonyl (C=S) groups is 1. The molecule has 2 N–H and O–H groups in total. The number of halogens is 1. The highest BCUT2D eigenvalue weighted by Crippen LogP contribution is 2.43. The summed E-state index contributed by atoms with van der Waals surface area (Å²) in [6.07, 6.45) is 1.78.